The smallest absolute Gasteiger partial charge is 0.385 e. The molecule has 1 fully saturated rings. The normalized spacial score (nSPS) is 28.8. The van der Waals surface area contributed by atoms with E-state index in [1.807, 2.05) is 6.92 Å². The summed E-state index contributed by atoms with van der Waals surface area (Å²) >= 11 is 0. The number of aromatic nitrogens is 2. The molecule has 5 nitrogen and oxygen atoms in total. The molecule has 4 rings (SSSR count). The topological polar surface area (TPSA) is 59.3 Å². The summed E-state index contributed by atoms with van der Waals surface area (Å²) < 4.78 is 46.0. The zero-order valence-electron chi connectivity index (χ0n) is 15.0. The van der Waals surface area contributed by atoms with Crippen LogP contribution in [-0.2, 0) is 29.7 Å². The second kappa shape index (κ2) is 6.61. The zero-order valence-corrected chi connectivity index (χ0v) is 15.0. The molecule has 8 heteroatoms. The van der Waals surface area contributed by atoms with Crippen molar-refractivity contribution in [3.63, 3.8) is 0 Å². The maximum absolute atomic E-state index is 12.8. The second-order valence-electron chi connectivity index (χ2n) is 7.44. The van der Waals surface area contributed by atoms with E-state index < -0.39 is 17.3 Å². The first kappa shape index (κ1) is 18.5. The number of ether oxygens (including phenoxy) is 1. The van der Waals surface area contributed by atoms with E-state index in [0.29, 0.717) is 38.2 Å². The first-order valence-electron chi connectivity index (χ1n) is 9.04. The van der Waals surface area contributed by atoms with Crippen molar-refractivity contribution in [3.8, 4) is 0 Å². The molecule has 2 N–H and O–H groups in total. The van der Waals surface area contributed by atoms with Gasteiger partial charge in [-0.1, -0.05) is 12.1 Å². The van der Waals surface area contributed by atoms with Crippen molar-refractivity contribution < 1.29 is 23.0 Å². The lowest BCUT2D eigenvalue weighted by Gasteiger charge is -2.41. The first-order valence-corrected chi connectivity index (χ1v) is 9.04. The van der Waals surface area contributed by atoms with Gasteiger partial charge in [0.15, 0.2) is 0 Å². The summed E-state index contributed by atoms with van der Waals surface area (Å²) in [4.78, 5) is 4.41. The Labute approximate surface area is 155 Å². The number of hydrogen-bond acceptors (Lipinski definition) is 4. The Hall–Kier alpha value is -1.90. The SMILES string of the molecule is C[C@H]1CC(O)(c2ccc(C(F)(F)F)cc2)C[C@@H](c2cnc3n2CCOC3)N1. The highest BCUT2D eigenvalue weighted by molar-refractivity contribution is 5.30. The van der Waals surface area contributed by atoms with Crippen molar-refractivity contribution in [1.29, 1.82) is 0 Å². The second-order valence-corrected chi connectivity index (χ2v) is 7.44. The van der Waals surface area contributed by atoms with Crippen LogP contribution in [-0.4, -0.2) is 27.3 Å². The highest BCUT2D eigenvalue weighted by Crippen LogP contribution is 2.41. The molecule has 0 bridgehead atoms. The average molecular weight is 381 g/mol. The molecule has 1 aromatic heterocycles. The summed E-state index contributed by atoms with van der Waals surface area (Å²) in [7, 11) is 0. The summed E-state index contributed by atoms with van der Waals surface area (Å²) in [6.07, 6.45) is -1.79. The van der Waals surface area contributed by atoms with Gasteiger partial charge in [-0.15, -0.1) is 0 Å². The zero-order chi connectivity index (χ0) is 19.2. The Kier molecular flexibility index (Phi) is 4.52. The Bertz CT molecular complexity index is 819. The van der Waals surface area contributed by atoms with E-state index in [0.717, 1.165) is 23.7 Å². The van der Waals surface area contributed by atoms with Gasteiger partial charge in [0.2, 0.25) is 0 Å². The fourth-order valence-corrected chi connectivity index (χ4v) is 4.18. The van der Waals surface area contributed by atoms with Gasteiger partial charge in [-0.25, -0.2) is 4.98 Å². The van der Waals surface area contributed by atoms with E-state index in [-0.39, 0.29) is 12.1 Å². The third-order valence-electron chi connectivity index (χ3n) is 5.44. The minimum absolute atomic E-state index is 0.00188. The number of imidazole rings is 1. The minimum Gasteiger partial charge on any atom is -0.385 e. The van der Waals surface area contributed by atoms with E-state index in [1.165, 1.54) is 12.1 Å². The van der Waals surface area contributed by atoms with Crippen molar-refractivity contribution in [2.45, 2.75) is 56.8 Å². The molecule has 3 heterocycles. The van der Waals surface area contributed by atoms with Crippen LogP contribution >= 0.6 is 0 Å². The largest absolute Gasteiger partial charge is 0.416 e. The number of piperidine rings is 1. The lowest BCUT2D eigenvalue weighted by Crippen LogP contribution is -2.47. The predicted molar refractivity (Wildman–Crippen MR) is 91.8 cm³/mol. The molecule has 0 saturated carbocycles. The molecule has 1 aromatic carbocycles. The van der Waals surface area contributed by atoms with E-state index in [2.05, 4.69) is 14.9 Å². The Morgan fingerprint density at radius 1 is 1.26 bits per heavy atom. The molecule has 1 saturated heterocycles. The van der Waals surface area contributed by atoms with Gasteiger partial charge in [0, 0.05) is 19.0 Å². The van der Waals surface area contributed by atoms with Crippen LogP contribution in [0, 0.1) is 0 Å². The number of nitrogens with zero attached hydrogens (tertiary/aromatic N) is 2. The lowest BCUT2D eigenvalue weighted by molar-refractivity contribution is -0.137. The summed E-state index contributed by atoms with van der Waals surface area (Å²) in [5.74, 6) is 0.856. The maximum atomic E-state index is 12.8. The molecule has 3 atom stereocenters. The van der Waals surface area contributed by atoms with Crippen LogP contribution in [0.3, 0.4) is 0 Å². The number of aliphatic hydroxyl groups is 1. The van der Waals surface area contributed by atoms with Gasteiger partial charge in [-0.3, -0.25) is 0 Å². The maximum Gasteiger partial charge on any atom is 0.416 e. The fraction of sp³-hybridized carbons (Fsp3) is 0.526. The van der Waals surface area contributed by atoms with Crippen molar-refractivity contribution in [2.24, 2.45) is 0 Å². The number of nitrogens with one attached hydrogen (secondary N) is 1. The summed E-state index contributed by atoms with van der Waals surface area (Å²) in [6.45, 7) is 3.75. The first-order chi connectivity index (χ1) is 12.8. The molecular formula is C19H22F3N3O2. The van der Waals surface area contributed by atoms with Crippen LogP contribution in [0.25, 0.3) is 0 Å². The Balaban J connectivity index is 1.62. The van der Waals surface area contributed by atoms with Crippen LogP contribution in [0.2, 0.25) is 0 Å². The van der Waals surface area contributed by atoms with Gasteiger partial charge in [0.1, 0.15) is 12.4 Å². The quantitative estimate of drug-likeness (QED) is 0.839. The fourth-order valence-electron chi connectivity index (χ4n) is 4.18. The average Bonchev–Trinajstić information content (AvgIpc) is 3.04. The number of benzene rings is 1. The number of fused-ring (bicyclic) bond motifs is 1. The highest BCUT2D eigenvalue weighted by Gasteiger charge is 2.41. The van der Waals surface area contributed by atoms with Gasteiger partial charge in [-0.2, -0.15) is 13.2 Å². The van der Waals surface area contributed by atoms with Crippen molar-refractivity contribution in [1.82, 2.24) is 14.9 Å². The van der Waals surface area contributed by atoms with Gasteiger partial charge in [0.05, 0.1) is 35.7 Å². The Morgan fingerprint density at radius 2 is 2.00 bits per heavy atom. The molecule has 2 aromatic rings. The minimum atomic E-state index is -4.39. The Morgan fingerprint density at radius 3 is 2.70 bits per heavy atom. The van der Waals surface area contributed by atoms with Crippen molar-refractivity contribution in [3.05, 3.63) is 53.1 Å². The van der Waals surface area contributed by atoms with Gasteiger partial charge in [-0.05, 0) is 31.0 Å². The van der Waals surface area contributed by atoms with Crippen LogP contribution in [0.1, 0.15) is 48.5 Å². The third kappa shape index (κ3) is 3.49. The van der Waals surface area contributed by atoms with Crippen LogP contribution in [0.15, 0.2) is 30.5 Å². The standard InChI is InChI=1S/C19H22F3N3O2/c1-12-8-18(26,13-2-4-14(5-3-13)19(20,21)22)9-15(24-12)16-10-23-17-11-27-7-6-25(16)17/h2-5,10,12,15,24,26H,6-9,11H2,1H3/t12-,15-,18?/m0/s1. The van der Waals surface area contributed by atoms with Crippen molar-refractivity contribution >= 4 is 0 Å². The van der Waals surface area contributed by atoms with Gasteiger partial charge < -0.3 is 19.7 Å². The van der Waals surface area contributed by atoms with E-state index in [9.17, 15) is 18.3 Å². The van der Waals surface area contributed by atoms with Crippen LogP contribution in [0.4, 0.5) is 13.2 Å². The van der Waals surface area contributed by atoms with Crippen LogP contribution < -0.4 is 5.32 Å². The molecule has 146 valence electrons. The predicted octanol–water partition coefficient (Wildman–Crippen LogP) is 3.13. The van der Waals surface area contributed by atoms with Gasteiger partial charge >= 0.3 is 6.18 Å². The molecule has 1 unspecified atom stereocenters. The number of hydrogen-bond donors (Lipinski definition) is 2. The highest BCUT2D eigenvalue weighted by atomic mass is 19.4. The summed E-state index contributed by atoms with van der Waals surface area (Å²) in [5, 5.41) is 14.8. The molecule has 2 aliphatic rings. The van der Waals surface area contributed by atoms with E-state index in [1.54, 1.807) is 6.20 Å². The molecule has 0 amide bonds. The molecule has 0 radical (unpaired) electrons. The lowest BCUT2D eigenvalue weighted by atomic mass is 9.78. The third-order valence-corrected chi connectivity index (χ3v) is 5.44. The number of halogens is 3. The molecule has 0 spiro atoms. The van der Waals surface area contributed by atoms with E-state index >= 15 is 0 Å². The molecule has 27 heavy (non-hydrogen) atoms. The molecule has 2 aliphatic heterocycles. The summed E-state index contributed by atoms with van der Waals surface area (Å²) in [5.41, 5.74) is -0.422. The van der Waals surface area contributed by atoms with Gasteiger partial charge in [0.25, 0.3) is 0 Å². The van der Waals surface area contributed by atoms with E-state index in [4.69, 9.17) is 4.74 Å². The number of rotatable bonds is 2. The van der Waals surface area contributed by atoms with Crippen molar-refractivity contribution in [2.75, 3.05) is 6.61 Å². The molecular weight excluding hydrogens is 359 g/mol. The van der Waals surface area contributed by atoms with Crippen LogP contribution in [0.5, 0.6) is 0 Å². The summed E-state index contributed by atoms with van der Waals surface area (Å²) in [6, 6.07) is 4.71. The molecule has 0 aliphatic carbocycles. The number of alkyl halides is 3. The monoisotopic (exact) mass is 381 g/mol.